The van der Waals surface area contributed by atoms with Crippen molar-refractivity contribution < 1.29 is 9.32 Å². The number of nitrogens with zero attached hydrogens (tertiary/aromatic N) is 3. The Morgan fingerprint density at radius 1 is 1.50 bits per heavy atom. The molecule has 1 amide bonds. The second-order valence-electron chi connectivity index (χ2n) is 6.30. The Bertz CT molecular complexity index is 863. The van der Waals surface area contributed by atoms with Crippen LogP contribution in [-0.4, -0.2) is 20.8 Å². The lowest BCUT2D eigenvalue weighted by molar-refractivity contribution is -0.116. The summed E-state index contributed by atoms with van der Waals surface area (Å²) in [5.41, 5.74) is 1.89. The standard InChI is InChI=1S/C17H18N4O2S/c1-10(2)14-7-15(23-20-14)12-6-16(22)19-17-13(12)8-18-21(17)9-11-4-3-5-24-11/h3-5,7-8,10,12H,6,9H2,1-2H3,(H,19,22). The van der Waals surface area contributed by atoms with Crippen LogP contribution in [0, 0.1) is 0 Å². The first-order valence-corrected chi connectivity index (χ1v) is 8.84. The number of nitrogens with one attached hydrogen (secondary N) is 1. The van der Waals surface area contributed by atoms with Gasteiger partial charge in [-0.1, -0.05) is 25.1 Å². The maximum atomic E-state index is 12.2. The predicted molar refractivity (Wildman–Crippen MR) is 91.3 cm³/mol. The van der Waals surface area contributed by atoms with Gasteiger partial charge >= 0.3 is 0 Å². The third-order valence-corrected chi connectivity index (χ3v) is 5.12. The molecule has 4 heterocycles. The van der Waals surface area contributed by atoms with E-state index in [9.17, 15) is 4.79 Å². The predicted octanol–water partition coefficient (Wildman–Crippen LogP) is 3.58. The van der Waals surface area contributed by atoms with E-state index in [1.807, 2.05) is 28.4 Å². The van der Waals surface area contributed by atoms with E-state index in [4.69, 9.17) is 4.52 Å². The van der Waals surface area contributed by atoms with Crippen molar-refractivity contribution in [2.75, 3.05) is 5.32 Å². The van der Waals surface area contributed by atoms with Crippen LogP contribution in [0.25, 0.3) is 0 Å². The number of anilines is 1. The Kier molecular flexibility index (Phi) is 3.72. The van der Waals surface area contributed by atoms with Crippen molar-refractivity contribution >= 4 is 23.1 Å². The number of rotatable bonds is 4. The maximum absolute atomic E-state index is 12.2. The summed E-state index contributed by atoms with van der Waals surface area (Å²) >= 11 is 1.67. The van der Waals surface area contributed by atoms with E-state index in [1.165, 1.54) is 4.88 Å². The molecule has 6 nitrogen and oxygen atoms in total. The molecule has 1 aliphatic heterocycles. The summed E-state index contributed by atoms with van der Waals surface area (Å²) in [6, 6.07) is 6.03. The molecule has 124 valence electrons. The van der Waals surface area contributed by atoms with Crippen LogP contribution in [0.1, 0.15) is 54.0 Å². The van der Waals surface area contributed by atoms with E-state index in [0.717, 1.165) is 22.8 Å². The molecule has 1 unspecified atom stereocenters. The van der Waals surface area contributed by atoms with Gasteiger partial charge in [0.1, 0.15) is 11.6 Å². The molecule has 0 fully saturated rings. The lowest BCUT2D eigenvalue weighted by atomic mass is 9.91. The number of amides is 1. The smallest absolute Gasteiger partial charge is 0.226 e. The highest BCUT2D eigenvalue weighted by Crippen LogP contribution is 2.38. The molecule has 1 N–H and O–H groups in total. The van der Waals surface area contributed by atoms with Gasteiger partial charge in [0.15, 0.2) is 0 Å². The van der Waals surface area contributed by atoms with E-state index in [0.29, 0.717) is 18.9 Å². The van der Waals surface area contributed by atoms with Crippen molar-refractivity contribution in [3.8, 4) is 0 Å². The van der Waals surface area contributed by atoms with Gasteiger partial charge in [-0.25, -0.2) is 4.68 Å². The summed E-state index contributed by atoms with van der Waals surface area (Å²) in [7, 11) is 0. The summed E-state index contributed by atoms with van der Waals surface area (Å²) < 4.78 is 7.36. The summed E-state index contributed by atoms with van der Waals surface area (Å²) in [4.78, 5) is 13.4. The largest absolute Gasteiger partial charge is 0.360 e. The lowest BCUT2D eigenvalue weighted by Crippen LogP contribution is -2.24. The minimum atomic E-state index is -0.133. The first kappa shape index (κ1) is 15.1. The molecule has 3 aromatic heterocycles. The monoisotopic (exact) mass is 342 g/mol. The fourth-order valence-corrected chi connectivity index (χ4v) is 3.62. The zero-order chi connectivity index (χ0) is 16.7. The highest BCUT2D eigenvalue weighted by molar-refractivity contribution is 7.09. The number of carbonyl (C=O) groups is 1. The summed E-state index contributed by atoms with van der Waals surface area (Å²) in [6.45, 7) is 4.78. The Labute approximate surface area is 143 Å². The third-order valence-electron chi connectivity index (χ3n) is 4.26. The van der Waals surface area contributed by atoms with Crippen LogP contribution in [0.4, 0.5) is 5.82 Å². The van der Waals surface area contributed by atoms with Gasteiger partial charge in [-0.05, 0) is 17.4 Å². The molecule has 3 aromatic rings. The molecule has 0 spiro atoms. The number of aromatic nitrogens is 3. The van der Waals surface area contributed by atoms with Crippen molar-refractivity contribution in [1.82, 2.24) is 14.9 Å². The van der Waals surface area contributed by atoms with Crippen LogP contribution >= 0.6 is 11.3 Å². The van der Waals surface area contributed by atoms with Gasteiger partial charge in [0.05, 0.1) is 24.4 Å². The van der Waals surface area contributed by atoms with Gasteiger partial charge in [-0.3, -0.25) is 4.79 Å². The molecule has 4 rings (SSSR count). The number of hydrogen-bond donors (Lipinski definition) is 1. The van der Waals surface area contributed by atoms with E-state index in [1.54, 1.807) is 11.3 Å². The quantitative estimate of drug-likeness (QED) is 0.786. The molecule has 0 radical (unpaired) electrons. The molecule has 0 bridgehead atoms. The van der Waals surface area contributed by atoms with Crippen LogP contribution in [0.5, 0.6) is 0 Å². The van der Waals surface area contributed by atoms with Gasteiger partial charge in [0, 0.05) is 22.9 Å². The molecular formula is C17H18N4O2S. The highest BCUT2D eigenvalue weighted by atomic mass is 32.1. The average molecular weight is 342 g/mol. The third kappa shape index (κ3) is 2.65. The molecule has 7 heteroatoms. The van der Waals surface area contributed by atoms with Crippen molar-refractivity contribution in [3.05, 3.63) is 51.7 Å². The normalized spacial score (nSPS) is 17.1. The number of hydrogen-bond acceptors (Lipinski definition) is 5. The minimum absolute atomic E-state index is 0.0251. The van der Waals surface area contributed by atoms with Crippen molar-refractivity contribution in [2.24, 2.45) is 0 Å². The second kappa shape index (κ2) is 5.90. The SMILES string of the molecule is CC(C)c1cc(C2CC(=O)Nc3c2cnn3Cc2cccs2)on1. The van der Waals surface area contributed by atoms with E-state index >= 15 is 0 Å². The molecule has 1 atom stereocenters. The van der Waals surface area contributed by atoms with Gasteiger partial charge in [0.25, 0.3) is 0 Å². The molecular weight excluding hydrogens is 324 g/mol. The van der Waals surface area contributed by atoms with Gasteiger partial charge in [0.2, 0.25) is 5.91 Å². The van der Waals surface area contributed by atoms with E-state index in [-0.39, 0.29) is 11.8 Å². The van der Waals surface area contributed by atoms with Crippen molar-refractivity contribution in [1.29, 1.82) is 0 Å². The van der Waals surface area contributed by atoms with Gasteiger partial charge in [-0.15, -0.1) is 11.3 Å². The van der Waals surface area contributed by atoms with Crippen LogP contribution < -0.4 is 5.32 Å². The Morgan fingerprint density at radius 3 is 3.08 bits per heavy atom. The topological polar surface area (TPSA) is 73.0 Å². The van der Waals surface area contributed by atoms with Crippen LogP contribution in [0.15, 0.2) is 34.3 Å². The Morgan fingerprint density at radius 2 is 2.38 bits per heavy atom. The first-order chi connectivity index (χ1) is 11.6. The average Bonchev–Trinajstić information content (AvgIpc) is 3.28. The van der Waals surface area contributed by atoms with Crippen LogP contribution in [0.3, 0.4) is 0 Å². The molecule has 0 aromatic carbocycles. The van der Waals surface area contributed by atoms with Gasteiger partial charge < -0.3 is 9.84 Å². The number of thiophene rings is 1. The minimum Gasteiger partial charge on any atom is -0.360 e. The Balaban J connectivity index is 1.69. The van der Waals surface area contributed by atoms with E-state index in [2.05, 4.69) is 35.5 Å². The number of carbonyl (C=O) groups excluding carboxylic acids is 1. The first-order valence-electron chi connectivity index (χ1n) is 7.96. The second-order valence-corrected chi connectivity index (χ2v) is 7.33. The van der Waals surface area contributed by atoms with Crippen LogP contribution in [0.2, 0.25) is 0 Å². The molecule has 0 saturated heterocycles. The van der Waals surface area contributed by atoms with Crippen molar-refractivity contribution in [3.63, 3.8) is 0 Å². The fourth-order valence-electron chi connectivity index (χ4n) is 2.93. The zero-order valence-electron chi connectivity index (χ0n) is 13.5. The summed E-state index contributed by atoms with van der Waals surface area (Å²) in [6.07, 6.45) is 2.18. The molecule has 0 aliphatic carbocycles. The summed E-state index contributed by atoms with van der Waals surface area (Å²) in [5.74, 6) is 1.62. The molecule has 1 aliphatic rings. The lowest BCUT2D eigenvalue weighted by Gasteiger charge is -2.21. The zero-order valence-corrected chi connectivity index (χ0v) is 14.3. The van der Waals surface area contributed by atoms with Crippen LogP contribution in [-0.2, 0) is 11.3 Å². The molecule has 0 saturated carbocycles. The molecule has 24 heavy (non-hydrogen) atoms. The Hall–Kier alpha value is -2.41. The highest BCUT2D eigenvalue weighted by Gasteiger charge is 2.32. The summed E-state index contributed by atoms with van der Waals surface area (Å²) in [5, 5.41) is 13.6. The van der Waals surface area contributed by atoms with Gasteiger partial charge in [-0.2, -0.15) is 5.10 Å². The number of fused-ring (bicyclic) bond motifs is 1. The fraction of sp³-hybridized carbons (Fsp3) is 0.353. The van der Waals surface area contributed by atoms with Crippen molar-refractivity contribution in [2.45, 2.75) is 38.6 Å². The maximum Gasteiger partial charge on any atom is 0.226 e. The van der Waals surface area contributed by atoms with E-state index < -0.39 is 0 Å².